The monoisotopic (exact) mass is 836 g/mol. The van der Waals surface area contributed by atoms with Gasteiger partial charge in [-0.2, -0.15) is 0 Å². The second-order valence-corrected chi connectivity index (χ2v) is 18.4. The van der Waals surface area contributed by atoms with Gasteiger partial charge in [0.15, 0.2) is 6.10 Å². The zero-order valence-corrected chi connectivity index (χ0v) is 39.7. The molecule has 0 bridgehead atoms. The molecule has 0 spiro atoms. The fourth-order valence-electron chi connectivity index (χ4n) is 7.71. The van der Waals surface area contributed by atoms with Gasteiger partial charge >= 0.3 is 11.9 Å². The van der Waals surface area contributed by atoms with Gasteiger partial charge in [0.1, 0.15) is 12.6 Å². The minimum atomic E-state index is -1.12. The van der Waals surface area contributed by atoms with E-state index in [4.69, 9.17) is 14.2 Å². The lowest BCUT2D eigenvalue weighted by Crippen LogP contribution is -2.55. The van der Waals surface area contributed by atoms with Crippen LogP contribution in [0, 0.1) is 0 Å². The first-order valence-electron chi connectivity index (χ1n) is 25.2. The first-order chi connectivity index (χ1) is 28.6. The average Bonchev–Trinajstić information content (AvgIpc) is 3.19. The van der Waals surface area contributed by atoms with E-state index in [1.807, 2.05) is 21.1 Å². The van der Waals surface area contributed by atoms with Crippen LogP contribution in [-0.4, -0.2) is 75.5 Å². The molecule has 0 aromatic carbocycles. The number of likely N-dealkylation sites (N-methyl/N-ethyl adjacent to an activating group) is 1. The predicted octanol–water partition coefficient (Wildman–Crippen LogP) is 12.9. The number of allylic oxidation sites excluding steroid dienone is 2. The molecule has 0 aromatic heterocycles. The first-order valence-corrected chi connectivity index (χ1v) is 25.2. The van der Waals surface area contributed by atoms with E-state index in [-0.39, 0.29) is 42.7 Å². The zero-order chi connectivity index (χ0) is 43.5. The van der Waals surface area contributed by atoms with Crippen molar-refractivity contribution in [2.75, 3.05) is 41.0 Å². The molecule has 0 heterocycles. The molecule has 0 radical (unpaired) electrons. The lowest BCUT2D eigenvalue weighted by atomic mass is 10.0. The van der Waals surface area contributed by atoms with Crippen LogP contribution >= 0.6 is 0 Å². The number of quaternary nitrogens is 1. The Morgan fingerprint density at radius 1 is 0.492 bits per heavy atom. The molecule has 0 aliphatic heterocycles. The molecule has 0 aromatic rings. The van der Waals surface area contributed by atoms with Crippen LogP contribution in [0.5, 0.6) is 0 Å². The van der Waals surface area contributed by atoms with Crippen molar-refractivity contribution >= 4 is 17.9 Å². The van der Waals surface area contributed by atoms with E-state index >= 15 is 0 Å². The quantitative estimate of drug-likeness (QED) is 0.0260. The van der Waals surface area contributed by atoms with Crippen LogP contribution in [0.2, 0.25) is 0 Å². The number of unbranched alkanes of at least 4 members (excludes halogenated alkanes) is 30. The highest BCUT2D eigenvalue weighted by molar-refractivity contribution is 5.70. The smallest absolute Gasteiger partial charge is 0.306 e. The second-order valence-electron chi connectivity index (χ2n) is 18.4. The third-order valence-electron chi connectivity index (χ3n) is 11.7. The van der Waals surface area contributed by atoms with Crippen molar-refractivity contribution in [1.29, 1.82) is 0 Å². The number of hydrogen-bond acceptors (Lipinski definition) is 7. The summed E-state index contributed by atoms with van der Waals surface area (Å²) < 4.78 is 17.2. The van der Waals surface area contributed by atoms with Crippen molar-refractivity contribution < 1.29 is 38.2 Å². The molecule has 2 atom stereocenters. The van der Waals surface area contributed by atoms with Crippen LogP contribution < -0.4 is 5.11 Å². The average molecular weight is 836 g/mol. The van der Waals surface area contributed by atoms with Gasteiger partial charge in [-0.15, -0.1) is 0 Å². The lowest BCUT2D eigenvalue weighted by molar-refractivity contribution is -0.889. The molecule has 59 heavy (non-hydrogen) atoms. The largest absolute Gasteiger partial charge is 0.544 e. The Morgan fingerprint density at radius 3 is 1.22 bits per heavy atom. The summed E-state index contributed by atoms with van der Waals surface area (Å²) in [7, 11) is 5.42. The standard InChI is InChI=1S/C51H97NO7/c1-6-8-10-12-14-16-18-20-22-24-25-26-28-30-32-34-36-38-40-42-50(54)59-47(45-57-44-43-48(51(55)56)52(3,4)5)46-58-49(53)41-39-37-35-33-31-29-27-23-21-19-17-15-13-11-9-7-2/h23,27,47-48H,6-22,24-26,28-46H2,1-5H3/b27-23+. The Balaban J connectivity index is 4.23. The second kappa shape index (κ2) is 42.7. The summed E-state index contributed by atoms with van der Waals surface area (Å²) in [6.07, 6.45) is 46.6. The molecule has 0 N–H and O–H groups in total. The van der Waals surface area contributed by atoms with E-state index in [0.29, 0.717) is 12.8 Å². The van der Waals surface area contributed by atoms with Gasteiger partial charge in [-0.1, -0.05) is 199 Å². The third kappa shape index (κ3) is 41.2. The highest BCUT2D eigenvalue weighted by Crippen LogP contribution is 2.16. The SMILES string of the molecule is CCCCCCCCC/C=C/CCCCCCCC(=O)OCC(COCCC(C(=O)[O-])[N+](C)(C)C)OC(=O)CCCCCCCCCCCCCCCCCCCCC. The van der Waals surface area contributed by atoms with Crippen molar-refractivity contribution in [3.63, 3.8) is 0 Å². The molecule has 8 nitrogen and oxygen atoms in total. The summed E-state index contributed by atoms with van der Waals surface area (Å²) in [5.74, 6) is -1.73. The fraction of sp³-hybridized carbons (Fsp3) is 0.902. The van der Waals surface area contributed by atoms with Crippen LogP contribution in [-0.2, 0) is 28.6 Å². The van der Waals surface area contributed by atoms with Crippen molar-refractivity contribution in [3.8, 4) is 0 Å². The molecule has 0 rings (SSSR count). The molecule has 348 valence electrons. The summed E-state index contributed by atoms with van der Waals surface area (Å²) in [5.41, 5.74) is 0. The van der Waals surface area contributed by atoms with E-state index in [1.54, 1.807) is 0 Å². The van der Waals surface area contributed by atoms with Gasteiger partial charge in [-0.3, -0.25) is 9.59 Å². The van der Waals surface area contributed by atoms with Gasteiger partial charge in [0.2, 0.25) is 0 Å². The lowest BCUT2D eigenvalue weighted by Gasteiger charge is -2.34. The predicted molar refractivity (Wildman–Crippen MR) is 245 cm³/mol. The number of nitrogens with zero attached hydrogens (tertiary/aromatic N) is 1. The van der Waals surface area contributed by atoms with Crippen molar-refractivity contribution in [2.45, 2.75) is 257 Å². The Labute approximate surface area is 365 Å². The molecule has 0 fully saturated rings. The summed E-state index contributed by atoms with van der Waals surface area (Å²) in [6.45, 7) is 4.70. The van der Waals surface area contributed by atoms with Crippen molar-refractivity contribution in [3.05, 3.63) is 12.2 Å². The number of rotatable bonds is 46. The Kier molecular flexibility index (Phi) is 41.3. The Hall–Kier alpha value is -1.93. The van der Waals surface area contributed by atoms with Gasteiger partial charge in [0.05, 0.1) is 40.3 Å². The molecule has 0 amide bonds. The third-order valence-corrected chi connectivity index (χ3v) is 11.7. The highest BCUT2D eigenvalue weighted by atomic mass is 16.6. The molecule has 2 unspecified atom stereocenters. The van der Waals surface area contributed by atoms with E-state index in [2.05, 4.69) is 26.0 Å². The van der Waals surface area contributed by atoms with Gasteiger partial charge in [-0.05, 0) is 38.5 Å². The number of carbonyl (C=O) groups excluding carboxylic acids is 3. The highest BCUT2D eigenvalue weighted by Gasteiger charge is 2.25. The minimum absolute atomic E-state index is 0.0443. The number of hydrogen-bond donors (Lipinski definition) is 0. The normalized spacial score (nSPS) is 12.9. The van der Waals surface area contributed by atoms with Gasteiger partial charge in [0.25, 0.3) is 0 Å². The Bertz CT molecular complexity index is 978. The molecule has 8 heteroatoms. The fourth-order valence-corrected chi connectivity index (χ4v) is 7.71. The van der Waals surface area contributed by atoms with E-state index in [1.165, 1.54) is 167 Å². The van der Waals surface area contributed by atoms with E-state index < -0.39 is 18.1 Å². The maximum atomic E-state index is 12.8. The number of ether oxygens (including phenoxy) is 3. The maximum absolute atomic E-state index is 12.8. The number of aliphatic carboxylic acids is 1. The summed E-state index contributed by atoms with van der Waals surface area (Å²) in [6, 6.07) is -0.723. The number of carboxylic acid groups (broad SMARTS) is 1. The van der Waals surface area contributed by atoms with Crippen LogP contribution in [0.25, 0.3) is 0 Å². The first kappa shape index (κ1) is 57.1. The summed E-state index contributed by atoms with van der Waals surface area (Å²) >= 11 is 0. The summed E-state index contributed by atoms with van der Waals surface area (Å²) in [5, 5.41) is 11.6. The van der Waals surface area contributed by atoms with E-state index in [0.717, 1.165) is 44.9 Å². The van der Waals surface area contributed by atoms with Crippen LogP contribution in [0.1, 0.15) is 245 Å². The van der Waals surface area contributed by atoms with E-state index in [9.17, 15) is 19.5 Å². The molecule has 0 aliphatic carbocycles. The number of carbonyl (C=O) groups is 3. The molecule has 0 aliphatic rings. The minimum Gasteiger partial charge on any atom is -0.544 e. The van der Waals surface area contributed by atoms with Crippen LogP contribution in [0.15, 0.2) is 12.2 Å². The molecular weight excluding hydrogens is 739 g/mol. The topological polar surface area (TPSA) is 102 Å². The van der Waals surface area contributed by atoms with Crippen LogP contribution in [0.4, 0.5) is 0 Å². The van der Waals surface area contributed by atoms with Crippen molar-refractivity contribution in [2.24, 2.45) is 0 Å². The molecular formula is C51H97NO7. The number of esters is 2. The van der Waals surface area contributed by atoms with Crippen LogP contribution in [0.3, 0.4) is 0 Å². The van der Waals surface area contributed by atoms with Gasteiger partial charge < -0.3 is 28.6 Å². The maximum Gasteiger partial charge on any atom is 0.306 e. The number of carboxylic acids is 1. The molecule has 0 saturated carbocycles. The molecule has 0 saturated heterocycles. The van der Waals surface area contributed by atoms with Gasteiger partial charge in [0, 0.05) is 19.3 Å². The van der Waals surface area contributed by atoms with Crippen molar-refractivity contribution in [1.82, 2.24) is 0 Å². The summed E-state index contributed by atoms with van der Waals surface area (Å²) in [4.78, 5) is 37.0. The zero-order valence-electron chi connectivity index (χ0n) is 39.7. The Morgan fingerprint density at radius 2 is 0.847 bits per heavy atom. The van der Waals surface area contributed by atoms with Gasteiger partial charge in [-0.25, -0.2) is 0 Å².